The molecule has 1 aliphatic carbocycles. The molecular formula is C15H27N3O2. The highest BCUT2D eigenvalue weighted by Gasteiger charge is 2.34. The molecule has 2 N–H and O–H groups in total. The van der Waals surface area contributed by atoms with E-state index < -0.39 is 6.03 Å². The normalized spacial score (nSPS) is 28.3. The fourth-order valence-corrected chi connectivity index (χ4v) is 3.57. The topological polar surface area (TPSA) is 61.4 Å². The van der Waals surface area contributed by atoms with E-state index in [2.05, 4.69) is 15.5 Å². The number of rotatable bonds is 3. The molecule has 1 aliphatic heterocycles. The van der Waals surface area contributed by atoms with Crippen molar-refractivity contribution in [2.24, 2.45) is 11.8 Å². The first-order valence-electron chi connectivity index (χ1n) is 7.94. The molecule has 1 saturated heterocycles. The number of amides is 3. The first-order chi connectivity index (χ1) is 9.61. The Bertz CT molecular complexity index is 359. The number of urea groups is 1. The molecule has 114 valence electrons. The molecule has 1 saturated carbocycles. The van der Waals surface area contributed by atoms with E-state index in [9.17, 15) is 9.59 Å². The van der Waals surface area contributed by atoms with E-state index in [4.69, 9.17) is 0 Å². The van der Waals surface area contributed by atoms with Gasteiger partial charge in [0.05, 0.1) is 6.04 Å². The Hall–Kier alpha value is -1.10. The van der Waals surface area contributed by atoms with Crippen LogP contribution >= 0.6 is 0 Å². The molecule has 3 amide bonds. The summed E-state index contributed by atoms with van der Waals surface area (Å²) < 4.78 is 0. The van der Waals surface area contributed by atoms with Crippen molar-refractivity contribution >= 4 is 11.9 Å². The summed E-state index contributed by atoms with van der Waals surface area (Å²) in [5.74, 6) is 1.42. The minimum atomic E-state index is -0.392. The molecule has 0 spiro atoms. The van der Waals surface area contributed by atoms with E-state index in [0.29, 0.717) is 6.54 Å². The van der Waals surface area contributed by atoms with Gasteiger partial charge in [0.1, 0.15) is 0 Å². The van der Waals surface area contributed by atoms with Gasteiger partial charge in [-0.3, -0.25) is 15.0 Å². The molecule has 2 fully saturated rings. The molecule has 0 bridgehead atoms. The molecule has 2 rings (SSSR count). The molecule has 1 heterocycles. The van der Waals surface area contributed by atoms with Crippen molar-refractivity contribution in [3.05, 3.63) is 0 Å². The zero-order valence-electron chi connectivity index (χ0n) is 12.7. The van der Waals surface area contributed by atoms with Gasteiger partial charge in [-0.2, -0.15) is 0 Å². The molecular weight excluding hydrogens is 254 g/mol. The second kappa shape index (κ2) is 7.07. The molecule has 3 atom stereocenters. The number of nitrogens with zero attached hydrogens (tertiary/aromatic N) is 1. The van der Waals surface area contributed by atoms with Crippen LogP contribution in [0.1, 0.15) is 46.0 Å². The molecule has 0 radical (unpaired) electrons. The van der Waals surface area contributed by atoms with Crippen LogP contribution in [-0.4, -0.2) is 42.5 Å². The zero-order valence-corrected chi connectivity index (χ0v) is 12.7. The summed E-state index contributed by atoms with van der Waals surface area (Å²) in [6.45, 7) is 6.25. The monoisotopic (exact) mass is 281 g/mol. The lowest BCUT2D eigenvalue weighted by Crippen LogP contribution is -2.53. The summed E-state index contributed by atoms with van der Waals surface area (Å²) in [5.41, 5.74) is 0. The Kier molecular flexibility index (Phi) is 5.40. The van der Waals surface area contributed by atoms with Gasteiger partial charge >= 0.3 is 6.03 Å². The summed E-state index contributed by atoms with van der Waals surface area (Å²) in [6, 6.07) is -0.614. The van der Waals surface area contributed by atoms with E-state index in [1.807, 2.05) is 13.8 Å². The van der Waals surface area contributed by atoms with Gasteiger partial charge in [0.2, 0.25) is 5.91 Å². The predicted molar refractivity (Wildman–Crippen MR) is 78.3 cm³/mol. The van der Waals surface area contributed by atoms with Crippen LogP contribution in [0.5, 0.6) is 0 Å². The number of hydrogen-bond acceptors (Lipinski definition) is 3. The molecule has 0 aromatic heterocycles. The smallest absolute Gasteiger partial charge is 0.321 e. The van der Waals surface area contributed by atoms with Gasteiger partial charge < -0.3 is 5.32 Å². The molecule has 5 heteroatoms. The van der Waals surface area contributed by atoms with Crippen molar-refractivity contribution in [3.8, 4) is 0 Å². The summed E-state index contributed by atoms with van der Waals surface area (Å²) in [7, 11) is 0. The third-order valence-corrected chi connectivity index (χ3v) is 4.82. The standard InChI is InChI=1S/C15H27N3O2/c1-3-16-15(20)17-14(19)11(2)18-9-8-12-6-4-5-7-13(12)10-18/h11-13H,3-10H2,1-2H3,(H2,16,17,19,20)/t11-,12+,13-/m1/s1. The Labute approximate surface area is 121 Å². The van der Waals surface area contributed by atoms with Crippen molar-refractivity contribution in [2.45, 2.75) is 52.0 Å². The zero-order chi connectivity index (χ0) is 14.5. The molecule has 5 nitrogen and oxygen atoms in total. The van der Waals surface area contributed by atoms with E-state index in [1.165, 1.54) is 32.1 Å². The van der Waals surface area contributed by atoms with E-state index in [-0.39, 0.29) is 11.9 Å². The maximum absolute atomic E-state index is 12.1. The molecule has 20 heavy (non-hydrogen) atoms. The summed E-state index contributed by atoms with van der Waals surface area (Å²) in [4.78, 5) is 25.7. The molecule has 0 unspecified atom stereocenters. The largest absolute Gasteiger partial charge is 0.338 e. The van der Waals surface area contributed by atoms with Crippen LogP contribution in [0.2, 0.25) is 0 Å². The highest BCUT2D eigenvalue weighted by Crippen LogP contribution is 2.36. The Morgan fingerprint density at radius 3 is 2.60 bits per heavy atom. The highest BCUT2D eigenvalue weighted by atomic mass is 16.2. The van der Waals surface area contributed by atoms with Crippen molar-refractivity contribution in [3.63, 3.8) is 0 Å². The Balaban J connectivity index is 1.84. The average Bonchev–Trinajstić information content (AvgIpc) is 2.46. The second-order valence-corrected chi connectivity index (χ2v) is 6.11. The number of likely N-dealkylation sites (tertiary alicyclic amines) is 1. The number of hydrogen-bond donors (Lipinski definition) is 2. The number of fused-ring (bicyclic) bond motifs is 1. The first kappa shape index (κ1) is 15.3. The first-order valence-corrected chi connectivity index (χ1v) is 7.94. The Morgan fingerprint density at radius 1 is 1.20 bits per heavy atom. The third kappa shape index (κ3) is 3.72. The van der Waals surface area contributed by atoms with Crippen molar-refractivity contribution in [1.29, 1.82) is 0 Å². The SMILES string of the molecule is CCNC(=O)NC(=O)[C@@H](C)N1CC[C@@H]2CCCC[C@@H]2C1. The van der Waals surface area contributed by atoms with Crippen LogP contribution in [0, 0.1) is 11.8 Å². The van der Waals surface area contributed by atoms with Crippen molar-refractivity contribution < 1.29 is 9.59 Å². The van der Waals surface area contributed by atoms with Gasteiger partial charge in [0.25, 0.3) is 0 Å². The quantitative estimate of drug-likeness (QED) is 0.828. The van der Waals surface area contributed by atoms with Gasteiger partial charge in [0.15, 0.2) is 0 Å². The van der Waals surface area contributed by atoms with Gasteiger partial charge in [0, 0.05) is 13.1 Å². The minimum absolute atomic E-state index is 0.190. The molecule has 0 aromatic carbocycles. The lowest BCUT2D eigenvalue weighted by Gasteiger charge is -2.43. The van der Waals surface area contributed by atoms with Crippen LogP contribution in [0.4, 0.5) is 4.79 Å². The summed E-state index contributed by atoms with van der Waals surface area (Å²) in [5, 5.41) is 5.01. The van der Waals surface area contributed by atoms with Gasteiger partial charge in [-0.1, -0.05) is 19.3 Å². The number of carbonyl (C=O) groups is 2. The minimum Gasteiger partial charge on any atom is -0.338 e. The number of imide groups is 1. The van der Waals surface area contributed by atoms with Crippen LogP contribution in [0.15, 0.2) is 0 Å². The van der Waals surface area contributed by atoms with Crippen molar-refractivity contribution in [2.75, 3.05) is 19.6 Å². The van der Waals surface area contributed by atoms with E-state index in [1.54, 1.807) is 0 Å². The highest BCUT2D eigenvalue weighted by molar-refractivity contribution is 5.96. The average molecular weight is 281 g/mol. The molecule has 2 aliphatic rings. The summed E-state index contributed by atoms with van der Waals surface area (Å²) in [6.07, 6.45) is 6.55. The summed E-state index contributed by atoms with van der Waals surface area (Å²) >= 11 is 0. The molecule has 0 aromatic rings. The van der Waals surface area contributed by atoms with E-state index >= 15 is 0 Å². The third-order valence-electron chi connectivity index (χ3n) is 4.82. The lowest BCUT2D eigenvalue weighted by atomic mass is 9.75. The van der Waals surface area contributed by atoms with Crippen LogP contribution < -0.4 is 10.6 Å². The maximum Gasteiger partial charge on any atom is 0.321 e. The van der Waals surface area contributed by atoms with Gasteiger partial charge in [-0.15, -0.1) is 0 Å². The fourth-order valence-electron chi connectivity index (χ4n) is 3.57. The van der Waals surface area contributed by atoms with Gasteiger partial charge in [-0.05, 0) is 45.1 Å². The Morgan fingerprint density at radius 2 is 1.90 bits per heavy atom. The maximum atomic E-state index is 12.1. The van der Waals surface area contributed by atoms with Gasteiger partial charge in [-0.25, -0.2) is 4.79 Å². The number of carbonyl (C=O) groups excluding carboxylic acids is 2. The van der Waals surface area contributed by atoms with Crippen LogP contribution in [-0.2, 0) is 4.79 Å². The van der Waals surface area contributed by atoms with Crippen molar-refractivity contribution in [1.82, 2.24) is 15.5 Å². The lowest BCUT2D eigenvalue weighted by molar-refractivity contribution is -0.126. The predicted octanol–water partition coefficient (Wildman–Crippen LogP) is 1.73. The van der Waals surface area contributed by atoms with Crippen LogP contribution in [0.3, 0.4) is 0 Å². The van der Waals surface area contributed by atoms with E-state index in [0.717, 1.165) is 24.9 Å². The second-order valence-electron chi connectivity index (χ2n) is 6.11. The number of piperidine rings is 1. The number of nitrogens with one attached hydrogen (secondary N) is 2. The van der Waals surface area contributed by atoms with Crippen LogP contribution in [0.25, 0.3) is 0 Å². The fraction of sp³-hybridized carbons (Fsp3) is 0.867.